The zero-order chi connectivity index (χ0) is 16.2. The molecule has 0 bridgehead atoms. The van der Waals surface area contributed by atoms with E-state index in [4.69, 9.17) is 4.52 Å². The van der Waals surface area contributed by atoms with Crippen molar-refractivity contribution in [3.05, 3.63) is 11.7 Å². The summed E-state index contributed by atoms with van der Waals surface area (Å²) < 4.78 is 5.27. The maximum atomic E-state index is 11.8. The van der Waals surface area contributed by atoms with Gasteiger partial charge in [-0.05, 0) is 33.6 Å². The van der Waals surface area contributed by atoms with Crippen LogP contribution in [-0.2, 0) is 0 Å². The standard InChI is InChI=1S/C15H26N4O3/c1-10(17-14(20)16-9-15(2,3)21)13-18-12(19-22-13)11-7-5-4-6-8-11/h10-11,21H,4-9H2,1-3H3,(H2,16,17,20)/t10-/m1/s1. The topological polar surface area (TPSA) is 100 Å². The second-order valence-corrected chi connectivity index (χ2v) is 6.69. The van der Waals surface area contributed by atoms with E-state index in [1.165, 1.54) is 19.3 Å². The molecule has 0 unspecified atom stereocenters. The number of aliphatic hydroxyl groups is 1. The van der Waals surface area contributed by atoms with Crippen molar-refractivity contribution in [3.8, 4) is 0 Å². The number of urea groups is 1. The average molecular weight is 310 g/mol. The van der Waals surface area contributed by atoms with Gasteiger partial charge in [-0.15, -0.1) is 0 Å². The van der Waals surface area contributed by atoms with E-state index < -0.39 is 5.60 Å². The van der Waals surface area contributed by atoms with Crippen molar-refractivity contribution in [1.29, 1.82) is 0 Å². The highest BCUT2D eigenvalue weighted by atomic mass is 16.5. The van der Waals surface area contributed by atoms with Gasteiger partial charge in [-0.1, -0.05) is 24.4 Å². The minimum atomic E-state index is -0.945. The number of carbonyl (C=O) groups is 1. The Kier molecular flexibility index (Phi) is 5.39. The number of aromatic nitrogens is 2. The Morgan fingerprint density at radius 3 is 2.73 bits per heavy atom. The summed E-state index contributed by atoms with van der Waals surface area (Å²) in [7, 11) is 0. The third-order valence-electron chi connectivity index (χ3n) is 3.83. The zero-order valence-corrected chi connectivity index (χ0v) is 13.6. The Bertz CT molecular complexity index is 489. The van der Waals surface area contributed by atoms with Crippen LogP contribution < -0.4 is 10.6 Å². The van der Waals surface area contributed by atoms with Crippen LogP contribution in [0.5, 0.6) is 0 Å². The summed E-state index contributed by atoms with van der Waals surface area (Å²) in [6, 6.07) is -0.737. The minimum absolute atomic E-state index is 0.169. The fourth-order valence-electron chi connectivity index (χ4n) is 2.56. The van der Waals surface area contributed by atoms with Gasteiger partial charge in [0.15, 0.2) is 5.82 Å². The number of amides is 2. The van der Waals surface area contributed by atoms with Crippen molar-refractivity contribution in [1.82, 2.24) is 20.8 Å². The lowest BCUT2D eigenvalue weighted by molar-refractivity contribution is 0.0817. The van der Waals surface area contributed by atoms with Gasteiger partial charge in [0.1, 0.15) is 6.04 Å². The van der Waals surface area contributed by atoms with Gasteiger partial charge in [-0.25, -0.2) is 4.79 Å². The van der Waals surface area contributed by atoms with E-state index in [-0.39, 0.29) is 18.6 Å². The molecule has 1 saturated carbocycles. The summed E-state index contributed by atoms with van der Waals surface area (Å²) in [5, 5.41) is 19.0. The SMILES string of the molecule is C[C@@H](NC(=O)NCC(C)(C)O)c1nc(C2CCCCC2)no1. The number of hydrogen-bond acceptors (Lipinski definition) is 5. The van der Waals surface area contributed by atoms with E-state index in [0.29, 0.717) is 11.8 Å². The van der Waals surface area contributed by atoms with Crippen LogP contribution in [0.1, 0.15) is 76.6 Å². The molecule has 7 nitrogen and oxygen atoms in total. The average Bonchev–Trinajstić information content (AvgIpc) is 2.95. The molecule has 1 atom stereocenters. The fourth-order valence-corrected chi connectivity index (χ4v) is 2.56. The molecule has 0 radical (unpaired) electrons. The van der Waals surface area contributed by atoms with Crippen molar-refractivity contribution in [3.63, 3.8) is 0 Å². The molecule has 0 spiro atoms. The lowest BCUT2D eigenvalue weighted by Crippen LogP contribution is -2.44. The van der Waals surface area contributed by atoms with Gasteiger partial charge < -0.3 is 20.3 Å². The van der Waals surface area contributed by atoms with Gasteiger partial charge in [-0.2, -0.15) is 4.98 Å². The number of hydrogen-bond donors (Lipinski definition) is 3. The van der Waals surface area contributed by atoms with Gasteiger partial charge in [0.05, 0.1) is 5.60 Å². The van der Waals surface area contributed by atoms with Crippen molar-refractivity contribution in [2.45, 2.75) is 70.4 Å². The Morgan fingerprint density at radius 1 is 1.41 bits per heavy atom. The Morgan fingerprint density at radius 2 is 2.09 bits per heavy atom. The van der Waals surface area contributed by atoms with Crippen LogP contribution in [0, 0.1) is 0 Å². The summed E-state index contributed by atoms with van der Waals surface area (Å²) >= 11 is 0. The predicted octanol–water partition coefficient (Wildman–Crippen LogP) is 2.25. The van der Waals surface area contributed by atoms with Gasteiger partial charge in [0.25, 0.3) is 0 Å². The molecule has 0 aliphatic heterocycles. The fraction of sp³-hybridized carbons (Fsp3) is 0.800. The number of rotatable bonds is 5. The van der Waals surface area contributed by atoms with Crippen LogP contribution >= 0.6 is 0 Å². The van der Waals surface area contributed by atoms with Crippen molar-refractivity contribution < 1.29 is 14.4 Å². The highest BCUT2D eigenvalue weighted by Crippen LogP contribution is 2.31. The van der Waals surface area contributed by atoms with Gasteiger partial charge in [0, 0.05) is 12.5 Å². The molecule has 1 aliphatic rings. The van der Waals surface area contributed by atoms with E-state index in [2.05, 4.69) is 20.8 Å². The minimum Gasteiger partial charge on any atom is -0.389 e. The quantitative estimate of drug-likeness (QED) is 0.774. The highest BCUT2D eigenvalue weighted by molar-refractivity contribution is 5.74. The van der Waals surface area contributed by atoms with Crippen LogP contribution in [0.3, 0.4) is 0 Å². The smallest absolute Gasteiger partial charge is 0.315 e. The first-order valence-corrected chi connectivity index (χ1v) is 7.95. The maximum absolute atomic E-state index is 11.8. The third-order valence-corrected chi connectivity index (χ3v) is 3.83. The summed E-state index contributed by atoms with van der Waals surface area (Å²) in [5.41, 5.74) is -0.945. The molecule has 2 amide bonds. The summed E-state index contributed by atoms with van der Waals surface area (Å²) in [4.78, 5) is 16.2. The number of nitrogens with zero attached hydrogens (tertiary/aromatic N) is 2. The zero-order valence-electron chi connectivity index (χ0n) is 13.6. The second kappa shape index (κ2) is 7.09. The van der Waals surface area contributed by atoms with Crippen molar-refractivity contribution in [2.24, 2.45) is 0 Å². The lowest BCUT2D eigenvalue weighted by Gasteiger charge is -2.19. The van der Waals surface area contributed by atoms with Crippen LogP contribution in [0.4, 0.5) is 4.79 Å². The Labute approximate surface area is 130 Å². The molecule has 0 saturated heterocycles. The molecule has 124 valence electrons. The van der Waals surface area contributed by atoms with Crippen molar-refractivity contribution >= 4 is 6.03 Å². The normalized spacial score (nSPS) is 18.0. The summed E-state index contributed by atoms with van der Waals surface area (Å²) in [6.07, 6.45) is 5.91. The molecular formula is C15H26N4O3. The third kappa shape index (κ3) is 4.98. The molecule has 1 aliphatic carbocycles. The van der Waals surface area contributed by atoms with Crippen molar-refractivity contribution in [2.75, 3.05) is 6.54 Å². The van der Waals surface area contributed by atoms with Crippen LogP contribution in [0.15, 0.2) is 4.52 Å². The first-order valence-electron chi connectivity index (χ1n) is 7.95. The molecular weight excluding hydrogens is 284 g/mol. The molecule has 2 rings (SSSR count). The van der Waals surface area contributed by atoms with E-state index in [9.17, 15) is 9.90 Å². The van der Waals surface area contributed by atoms with Crippen LogP contribution in [-0.4, -0.2) is 33.4 Å². The first-order chi connectivity index (χ1) is 10.3. The molecule has 3 N–H and O–H groups in total. The van der Waals surface area contributed by atoms with Gasteiger partial charge in [-0.3, -0.25) is 0 Å². The molecule has 1 heterocycles. The summed E-state index contributed by atoms with van der Waals surface area (Å²) in [5.74, 6) is 1.54. The second-order valence-electron chi connectivity index (χ2n) is 6.69. The molecule has 1 aromatic heterocycles. The monoisotopic (exact) mass is 310 g/mol. The largest absolute Gasteiger partial charge is 0.389 e. The molecule has 0 aromatic carbocycles. The van der Waals surface area contributed by atoms with Crippen LogP contribution in [0.2, 0.25) is 0 Å². The maximum Gasteiger partial charge on any atom is 0.315 e. The molecule has 1 aromatic rings. The van der Waals surface area contributed by atoms with E-state index in [1.54, 1.807) is 20.8 Å². The molecule has 1 fully saturated rings. The van der Waals surface area contributed by atoms with E-state index in [0.717, 1.165) is 18.7 Å². The predicted molar refractivity (Wildman–Crippen MR) is 81.4 cm³/mol. The molecule has 7 heteroatoms. The van der Waals surface area contributed by atoms with Gasteiger partial charge >= 0.3 is 6.03 Å². The lowest BCUT2D eigenvalue weighted by atomic mass is 9.89. The number of nitrogens with one attached hydrogen (secondary N) is 2. The highest BCUT2D eigenvalue weighted by Gasteiger charge is 2.23. The van der Waals surface area contributed by atoms with E-state index >= 15 is 0 Å². The van der Waals surface area contributed by atoms with Crippen LogP contribution in [0.25, 0.3) is 0 Å². The summed E-state index contributed by atoms with van der Waals surface area (Å²) in [6.45, 7) is 5.22. The van der Waals surface area contributed by atoms with Gasteiger partial charge in [0.2, 0.25) is 5.89 Å². The Hall–Kier alpha value is -1.63. The Balaban J connectivity index is 1.86. The molecule has 22 heavy (non-hydrogen) atoms. The van der Waals surface area contributed by atoms with E-state index in [1.807, 2.05) is 0 Å². The number of carbonyl (C=O) groups excluding carboxylic acids is 1. The first kappa shape index (κ1) is 16.7.